The smallest absolute Gasteiger partial charge is 0.137 e. The molecule has 3 atom stereocenters. The standard InChI is InChI=1S/C14H14Cl2N6O/c15-9-1-2-11(13(16)3-9)12-4-10(5-19-21-17)23-14(12)6-22-8-18-7-20-22/h1-3,7-8,10,12,14H,4-6H2. The van der Waals surface area contributed by atoms with Gasteiger partial charge in [-0.05, 0) is 29.6 Å². The third kappa shape index (κ3) is 3.76. The molecule has 2 heterocycles. The summed E-state index contributed by atoms with van der Waals surface area (Å²) in [6, 6.07) is 5.46. The molecule has 0 spiro atoms. The molecule has 0 amide bonds. The van der Waals surface area contributed by atoms with Crippen molar-refractivity contribution in [3.05, 3.63) is 56.9 Å². The van der Waals surface area contributed by atoms with Gasteiger partial charge in [-0.2, -0.15) is 5.10 Å². The van der Waals surface area contributed by atoms with Crippen LogP contribution in [0.15, 0.2) is 36.0 Å². The number of ether oxygens (including phenoxy) is 1. The highest BCUT2D eigenvalue weighted by atomic mass is 35.5. The molecular formula is C14H14Cl2N6O. The van der Waals surface area contributed by atoms with Crippen LogP contribution in [0.2, 0.25) is 10.0 Å². The van der Waals surface area contributed by atoms with E-state index in [4.69, 9.17) is 33.5 Å². The topological polar surface area (TPSA) is 88.7 Å². The Balaban J connectivity index is 1.85. The number of aromatic nitrogens is 3. The average molecular weight is 353 g/mol. The van der Waals surface area contributed by atoms with E-state index in [-0.39, 0.29) is 18.1 Å². The first-order valence-electron chi connectivity index (χ1n) is 7.11. The molecule has 3 rings (SSSR count). The lowest BCUT2D eigenvalue weighted by Crippen LogP contribution is -2.23. The van der Waals surface area contributed by atoms with E-state index in [1.54, 1.807) is 17.1 Å². The zero-order chi connectivity index (χ0) is 16.2. The molecule has 0 aliphatic carbocycles. The zero-order valence-electron chi connectivity index (χ0n) is 12.1. The molecule has 23 heavy (non-hydrogen) atoms. The van der Waals surface area contributed by atoms with Crippen molar-refractivity contribution in [3.8, 4) is 0 Å². The molecule has 9 heteroatoms. The molecule has 120 valence electrons. The van der Waals surface area contributed by atoms with Gasteiger partial charge in [0.15, 0.2) is 0 Å². The van der Waals surface area contributed by atoms with Gasteiger partial charge in [-0.25, -0.2) is 4.98 Å². The Labute approximate surface area is 142 Å². The first kappa shape index (κ1) is 16.1. The summed E-state index contributed by atoms with van der Waals surface area (Å²) in [7, 11) is 0. The first-order chi connectivity index (χ1) is 11.2. The highest BCUT2D eigenvalue weighted by Crippen LogP contribution is 2.40. The molecule has 0 bridgehead atoms. The largest absolute Gasteiger partial charge is 0.372 e. The van der Waals surface area contributed by atoms with Crippen LogP contribution in [0.3, 0.4) is 0 Å². The van der Waals surface area contributed by atoms with Gasteiger partial charge in [-0.3, -0.25) is 4.68 Å². The molecule has 2 aromatic rings. The second-order valence-electron chi connectivity index (χ2n) is 5.34. The molecule has 1 aliphatic rings. The fourth-order valence-corrected chi connectivity index (χ4v) is 3.44. The van der Waals surface area contributed by atoms with Gasteiger partial charge in [-0.15, -0.1) is 0 Å². The Kier molecular flexibility index (Phi) is 5.03. The second kappa shape index (κ2) is 7.19. The summed E-state index contributed by atoms with van der Waals surface area (Å²) in [5.41, 5.74) is 9.48. The minimum Gasteiger partial charge on any atom is -0.372 e. The lowest BCUT2D eigenvalue weighted by Gasteiger charge is -2.20. The van der Waals surface area contributed by atoms with Crippen LogP contribution in [-0.2, 0) is 11.3 Å². The highest BCUT2D eigenvalue weighted by molar-refractivity contribution is 6.35. The van der Waals surface area contributed by atoms with Gasteiger partial charge in [0.05, 0.1) is 25.3 Å². The van der Waals surface area contributed by atoms with E-state index < -0.39 is 0 Å². The molecule has 0 N–H and O–H groups in total. The lowest BCUT2D eigenvalue weighted by atomic mass is 9.91. The molecule has 1 aromatic carbocycles. The highest BCUT2D eigenvalue weighted by Gasteiger charge is 2.37. The van der Waals surface area contributed by atoms with E-state index in [2.05, 4.69) is 20.1 Å². The molecule has 0 saturated carbocycles. The zero-order valence-corrected chi connectivity index (χ0v) is 13.6. The van der Waals surface area contributed by atoms with Crippen LogP contribution < -0.4 is 0 Å². The number of benzene rings is 1. The van der Waals surface area contributed by atoms with Crippen molar-refractivity contribution in [3.63, 3.8) is 0 Å². The second-order valence-corrected chi connectivity index (χ2v) is 6.18. The van der Waals surface area contributed by atoms with Gasteiger partial charge < -0.3 is 4.74 Å². The van der Waals surface area contributed by atoms with Crippen molar-refractivity contribution in [2.24, 2.45) is 5.11 Å². The molecule has 1 aliphatic heterocycles. The van der Waals surface area contributed by atoms with Gasteiger partial charge in [0.2, 0.25) is 0 Å². The summed E-state index contributed by atoms with van der Waals surface area (Å²) in [4.78, 5) is 6.75. The Morgan fingerprint density at radius 3 is 3.00 bits per heavy atom. The molecule has 0 radical (unpaired) electrons. The third-order valence-corrected chi connectivity index (χ3v) is 4.44. The van der Waals surface area contributed by atoms with Crippen LogP contribution in [0.25, 0.3) is 10.4 Å². The summed E-state index contributed by atoms with van der Waals surface area (Å²) < 4.78 is 7.76. The number of nitrogens with zero attached hydrogens (tertiary/aromatic N) is 6. The molecule has 3 unspecified atom stereocenters. The van der Waals surface area contributed by atoms with Gasteiger partial charge in [-0.1, -0.05) is 34.4 Å². The Bertz CT molecular complexity index is 716. The maximum absolute atomic E-state index is 8.50. The monoisotopic (exact) mass is 352 g/mol. The first-order valence-corrected chi connectivity index (χ1v) is 7.86. The average Bonchev–Trinajstić information content (AvgIpc) is 3.16. The van der Waals surface area contributed by atoms with E-state index in [1.165, 1.54) is 6.33 Å². The molecular weight excluding hydrogens is 339 g/mol. The van der Waals surface area contributed by atoms with Gasteiger partial charge in [0, 0.05) is 20.9 Å². The maximum Gasteiger partial charge on any atom is 0.137 e. The fraction of sp³-hybridized carbons (Fsp3) is 0.429. The summed E-state index contributed by atoms with van der Waals surface area (Å²) >= 11 is 12.3. The van der Waals surface area contributed by atoms with E-state index >= 15 is 0 Å². The summed E-state index contributed by atoms with van der Waals surface area (Å²) in [5.74, 6) is 0.0721. The number of hydrogen-bond acceptors (Lipinski definition) is 4. The van der Waals surface area contributed by atoms with E-state index in [9.17, 15) is 0 Å². The van der Waals surface area contributed by atoms with Crippen LogP contribution in [0.1, 0.15) is 17.9 Å². The minimum atomic E-state index is -0.142. The molecule has 1 saturated heterocycles. The van der Waals surface area contributed by atoms with Crippen molar-refractivity contribution in [2.45, 2.75) is 31.1 Å². The van der Waals surface area contributed by atoms with Crippen LogP contribution in [0, 0.1) is 0 Å². The van der Waals surface area contributed by atoms with Crippen molar-refractivity contribution in [1.82, 2.24) is 14.8 Å². The van der Waals surface area contributed by atoms with Gasteiger partial charge in [0.25, 0.3) is 0 Å². The predicted octanol–water partition coefficient (Wildman–Crippen LogP) is 3.84. The number of azide groups is 1. The summed E-state index contributed by atoms with van der Waals surface area (Å²) in [5, 5.41) is 8.94. The lowest BCUT2D eigenvalue weighted by molar-refractivity contribution is 0.0341. The third-order valence-electron chi connectivity index (χ3n) is 3.88. The van der Waals surface area contributed by atoms with Crippen LogP contribution in [0.4, 0.5) is 0 Å². The number of hydrogen-bond donors (Lipinski definition) is 0. The Morgan fingerprint density at radius 2 is 2.30 bits per heavy atom. The van der Waals surface area contributed by atoms with Crippen molar-refractivity contribution >= 4 is 23.2 Å². The summed E-state index contributed by atoms with van der Waals surface area (Å²) in [6.07, 6.45) is 3.58. The van der Waals surface area contributed by atoms with E-state index in [0.29, 0.717) is 23.1 Å². The molecule has 1 fully saturated rings. The minimum absolute atomic E-state index is 0.0721. The SMILES string of the molecule is [N-]=[N+]=NCC1CC(c2ccc(Cl)cc2Cl)C(Cn2cncn2)O1. The fourth-order valence-electron chi connectivity index (χ4n) is 2.89. The Hall–Kier alpha value is -1.79. The van der Waals surface area contributed by atoms with Crippen LogP contribution in [0.5, 0.6) is 0 Å². The van der Waals surface area contributed by atoms with E-state index in [0.717, 1.165) is 12.0 Å². The molecule has 1 aromatic heterocycles. The normalized spacial score (nSPS) is 23.7. The molecule has 7 nitrogen and oxygen atoms in total. The number of halogens is 2. The van der Waals surface area contributed by atoms with Crippen LogP contribution in [-0.4, -0.2) is 33.5 Å². The van der Waals surface area contributed by atoms with Crippen LogP contribution >= 0.6 is 23.2 Å². The van der Waals surface area contributed by atoms with E-state index in [1.807, 2.05) is 12.1 Å². The van der Waals surface area contributed by atoms with Gasteiger partial charge >= 0.3 is 0 Å². The number of rotatable bonds is 5. The Morgan fingerprint density at radius 1 is 1.43 bits per heavy atom. The van der Waals surface area contributed by atoms with Crippen molar-refractivity contribution in [2.75, 3.05) is 6.54 Å². The maximum atomic E-state index is 8.50. The predicted molar refractivity (Wildman–Crippen MR) is 86.5 cm³/mol. The van der Waals surface area contributed by atoms with Crippen molar-refractivity contribution < 1.29 is 4.74 Å². The summed E-state index contributed by atoms with van der Waals surface area (Å²) in [6.45, 7) is 0.850. The quantitative estimate of drug-likeness (QED) is 0.465. The van der Waals surface area contributed by atoms with Gasteiger partial charge in [0.1, 0.15) is 12.7 Å². The van der Waals surface area contributed by atoms with Crippen molar-refractivity contribution in [1.29, 1.82) is 0 Å².